The third kappa shape index (κ3) is 3.74. The number of nitrogens with zero attached hydrogens (tertiary/aromatic N) is 2. The topological polar surface area (TPSA) is 52.0 Å². The molecule has 0 saturated heterocycles. The molecule has 0 saturated carbocycles. The van der Waals surface area contributed by atoms with E-state index < -0.39 is 9.84 Å². The smallest absolute Gasteiger partial charge is 0.175 e. The summed E-state index contributed by atoms with van der Waals surface area (Å²) in [6.07, 6.45) is 6.60. The van der Waals surface area contributed by atoms with Crippen LogP contribution in [0.2, 0.25) is 0 Å². The Morgan fingerprint density at radius 1 is 1.04 bits per heavy atom. The van der Waals surface area contributed by atoms with Crippen LogP contribution in [0, 0.1) is 0 Å². The van der Waals surface area contributed by atoms with Crippen LogP contribution in [0.25, 0.3) is 11.3 Å². The Morgan fingerprint density at radius 2 is 1.79 bits per heavy atom. The van der Waals surface area contributed by atoms with E-state index in [9.17, 15) is 8.42 Å². The summed E-state index contributed by atoms with van der Waals surface area (Å²) in [5, 5.41) is 0. The van der Waals surface area contributed by atoms with Crippen LogP contribution in [0.1, 0.15) is 11.1 Å². The molecule has 4 nitrogen and oxygen atoms in total. The lowest BCUT2D eigenvalue weighted by Gasteiger charge is -2.10. The summed E-state index contributed by atoms with van der Waals surface area (Å²) in [5.41, 5.74) is 4.04. The molecule has 3 aromatic rings. The molecule has 0 atom stereocenters. The fourth-order valence-electron chi connectivity index (χ4n) is 2.72. The molecule has 124 valence electrons. The monoisotopic (exact) mass is 340 g/mol. The molecule has 1 heterocycles. The van der Waals surface area contributed by atoms with Crippen molar-refractivity contribution in [1.29, 1.82) is 0 Å². The average molecular weight is 340 g/mol. The van der Waals surface area contributed by atoms with Gasteiger partial charge in [-0.1, -0.05) is 36.4 Å². The second kappa shape index (κ2) is 6.61. The zero-order valence-corrected chi connectivity index (χ0v) is 14.6. The minimum atomic E-state index is -3.24. The number of benzene rings is 2. The van der Waals surface area contributed by atoms with Crippen molar-refractivity contribution in [3.8, 4) is 11.3 Å². The molecule has 1 aromatic heterocycles. The summed E-state index contributed by atoms with van der Waals surface area (Å²) in [7, 11) is -1.34. The van der Waals surface area contributed by atoms with Gasteiger partial charge in [0.05, 0.1) is 16.9 Å². The normalized spacial score (nSPS) is 11.6. The Balaban J connectivity index is 1.98. The molecule has 0 unspecified atom stereocenters. The summed E-state index contributed by atoms with van der Waals surface area (Å²) in [4.78, 5) is 4.72. The number of imidazole rings is 1. The number of aromatic nitrogens is 2. The Kier molecular flexibility index (Phi) is 4.53. The van der Waals surface area contributed by atoms with Gasteiger partial charge < -0.3 is 4.57 Å². The van der Waals surface area contributed by atoms with E-state index in [1.54, 1.807) is 18.5 Å². The maximum atomic E-state index is 11.9. The van der Waals surface area contributed by atoms with E-state index in [1.807, 2.05) is 42.1 Å². The molecule has 3 rings (SSSR count). The van der Waals surface area contributed by atoms with Crippen molar-refractivity contribution in [2.45, 2.75) is 17.7 Å². The average Bonchev–Trinajstić information content (AvgIpc) is 2.99. The maximum Gasteiger partial charge on any atom is 0.175 e. The number of hydrogen-bond acceptors (Lipinski definition) is 3. The van der Waals surface area contributed by atoms with Crippen LogP contribution >= 0.6 is 0 Å². The predicted octanol–water partition coefficient (Wildman–Crippen LogP) is 3.28. The molecule has 24 heavy (non-hydrogen) atoms. The molecule has 0 aliphatic rings. The van der Waals surface area contributed by atoms with Crippen molar-refractivity contribution < 1.29 is 8.42 Å². The SMILES string of the molecule is Cn1cnc(-c2cc(S(C)(=O)=O)ccc2CCc2ccccc2)c1. The van der Waals surface area contributed by atoms with Gasteiger partial charge >= 0.3 is 0 Å². The van der Waals surface area contributed by atoms with Crippen LogP contribution in [0.5, 0.6) is 0 Å². The van der Waals surface area contributed by atoms with Gasteiger partial charge in [0, 0.05) is 25.1 Å². The summed E-state index contributed by atoms with van der Waals surface area (Å²) in [5.74, 6) is 0. The quantitative estimate of drug-likeness (QED) is 0.716. The molecule has 0 fully saturated rings. The molecular weight excluding hydrogens is 320 g/mol. The predicted molar refractivity (Wildman–Crippen MR) is 95.6 cm³/mol. The highest BCUT2D eigenvalue weighted by molar-refractivity contribution is 7.90. The van der Waals surface area contributed by atoms with Crippen molar-refractivity contribution in [2.24, 2.45) is 7.05 Å². The van der Waals surface area contributed by atoms with E-state index in [0.29, 0.717) is 4.90 Å². The van der Waals surface area contributed by atoms with E-state index in [1.165, 1.54) is 11.8 Å². The van der Waals surface area contributed by atoms with E-state index >= 15 is 0 Å². The lowest BCUT2D eigenvalue weighted by molar-refractivity contribution is 0.602. The second-order valence-electron chi connectivity index (χ2n) is 6.00. The fourth-order valence-corrected chi connectivity index (χ4v) is 3.37. The Labute approximate surface area is 142 Å². The highest BCUT2D eigenvalue weighted by Gasteiger charge is 2.14. The second-order valence-corrected chi connectivity index (χ2v) is 8.02. The van der Waals surface area contributed by atoms with E-state index in [0.717, 1.165) is 29.7 Å². The first kappa shape index (κ1) is 16.5. The minimum Gasteiger partial charge on any atom is -0.340 e. The van der Waals surface area contributed by atoms with E-state index in [2.05, 4.69) is 17.1 Å². The number of sulfone groups is 1. The maximum absolute atomic E-state index is 11.9. The van der Waals surface area contributed by atoms with Gasteiger partial charge in [-0.15, -0.1) is 0 Å². The fraction of sp³-hybridized carbons (Fsp3) is 0.211. The summed E-state index contributed by atoms with van der Waals surface area (Å²) in [6, 6.07) is 15.6. The van der Waals surface area contributed by atoms with Crippen molar-refractivity contribution in [2.75, 3.05) is 6.26 Å². The van der Waals surface area contributed by atoms with Crippen LogP contribution in [0.4, 0.5) is 0 Å². The Bertz CT molecular complexity index is 945. The Morgan fingerprint density at radius 3 is 2.42 bits per heavy atom. The summed E-state index contributed by atoms with van der Waals surface area (Å²) < 4.78 is 25.6. The van der Waals surface area contributed by atoms with Gasteiger partial charge in [-0.05, 0) is 36.1 Å². The van der Waals surface area contributed by atoms with Gasteiger partial charge in [-0.3, -0.25) is 0 Å². The highest BCUT2D eigenvalue weighted by Crippen LogP contribution is 2.26. The molecule has 0 amide bonds. The first-order chi connectivity index (χ1) is 11.4. The zero-order chi connectivity index (χ0) is 17.2. The Hall–Kier alpha value is -2.40. The molecule has 2 aromatic carbocycles. The molecule has 0 spiro atoms. The zero-order valence-electron chi connectivity index (χ0n) is 13.8. The third-order valence-corrected chi connectivity index (χ3v) is 5.13. The number of hydrogen-bond donors (Lipinski definition) is 0. The van der Waals surface area contributed by atoms with E-state index in [-0.39, 0.29) is 0 Å². The van der Waals surface area contributed by atoms with Gasteiger partial charge in [-0.2, -0.15) is 0 Å². The van der Waals surface area contributed by atoms with Crippen molar-refractivity contribution in [3.05, 3.63) is 72.2 Å². The molecule has 0 aliphatic heterocycles. The molecule has 0 N–H and O–H groups in total. The van der Waals surface area contributed by atoms with Gasteiger partial charge in [-0.25, -0.2) is 13.4 Å². The largest absolute Gasteiger partial charge is 0.340 e. The molecule has 0 bridgehead atoms. The first-order valence-corrected chi connectivity index (χ1v) is 9.68. The van der Waals surface area contributed by atoms with Crippen LogP contribution in [-0.2, 0) is 29.7 Å². The first-order valence-electron chi connectivity index (χ1n) is 7.79. The van der Waals surface area contributed by atoms with Crippen molar-refractivity contribution in [3.63, 3.8) is 0 Å². The third-order valence-electron chi connectivity index (χ3n) is 4.02. The molecule has 0 radical (unpaired) electrons. The van der Waals surface area contributed by atoms with Gasteiger partial charge in [0.15, 0.2) is 9.84 Å². The molecule has 0 aliphatic carbocycles. The lowest BCUT2D eigenvalue weighted by atomic mass is 9.98. The highest BCUT2D eigenvalue weighted by atomic mass is 32.2. The van der Waals surface area contributed by atoms with Crippen LogP contribution < -0.4 is 0 Å². The van der Waals surface area contributed by atoms with Gasteiger partial charge in [0.25, 0.3) is 0 Å². The standard InChI is InChI=1S/C19H20N2O2S/c1-21-13-19(20-14-21)18-12-17(24(2,22)23)11-10-16(18)9-8-15-6-4-3-5-7-15/h3-7,10-14H,8-9H2,1-2H3. The van der Waals surface area contributed by atoms with Crippen LogP contribution in [0.15, 0.2) is 66.0 Å². The van der Waals surface area contributed by atoms with Crippen LogP contribution in [-0.4, -0.2) is 24.2 Å². The van der Waals surface area contributed by atoms with E-state index in [4.69, 9.17) is 0 Å². The molecular formula is C19H20N2O2S. The van der Waals surface area contributed by atoms with Crippen molar-refractivity contribution >= 4 is 9.84 Å². The van der Waals surface area contributed by atoms with Crippen molar-refractivity contribution in [1.82, 2.24) is 9.55 Å². The van der Waals surface area contributed by atoms with Gasteiger partial charge in [0.1, 0.15) is 0 Å². The summed E-state index contributed by atoms with van der Waals surface area (Å²) >= 11 is 0. The van der Waals surface area contributed by atoms with Crippen LogP contribution in [0.3, 0.4) is 0 Å². The minimum absolute atomic E-state index is 0.326. The van der Waals surface area contributed by atoms with Gasteiger partial charge in [0.2, 0.25) is 0 Å². The summed E-state index contributed by atoms with van der Waals surface area (Å²) in [6.45, 7) is 0. The lowest BCUT2D eigenvalue weighted by Crippen LogP contribution is -2.01. The number of rotatable bonds is 5. The molecule has 5 heteroatoms. The number of aryl methyl sites for hydroxylation is 3.